The summed E-state index contributed by atoms with van der Waals surface area (Å²) in [5.74, 6) is -1.08. The molecule has 25 heavy (non-hydrogen) atoms. The molecule has 0 spiro atoms. The molecule has 0 radical (unpaired) electrons. The fourth-order valence-corrected chi connectivity index (χ4v) is 2.19. The highest BCUT2D eigenvalue weighted by atomic mass is 19.1. The van der Waals surface area contributed by atoms with Crippen molar-refractivity contribution in [3.05, 3.63) is 71.3 Å². The second-order valence-corrected chi connectivity index (χ2v) is 5.47. The van der Waals surface area contributed by atoms with Crippen LogP contribution in [0.3, 0.4) is 0 Å². The maximum atomic E-state index is 13.0. The van der Waals surface area contributed by atoms with Gasteiger partial charge < -0.3 is 5.32 Å². The number of benzene rings is 2. The van der Waals surface area contributed by atoms with Crippen LogP contribution in [0.25, 0.3) is 0 Å². The van der Waals surface area contributed by atoms with E-state index < -0.39 is 11.9 Å². The van der Waals surface area contributed by atoms with E-state index in [-0.39, 0.29) is 18.1 Å². The van der Waals surface area contributed by atoms with Crippen molar-refractivity contribution in [2.24, 2.45) is 0 Å². The van der Waals surface area contributed by atoms with Gasteiger partial charge in [0, 0.05) is 6.54 Å². The standard InChI is InChI=1S/C18H19F2N3O2/c19-15-8-6-14(7-9-15)12-17(24)22-23-18(25)21-10-2-4-13-3-1-5-16(20)11-13/h1,3,5-9,11H,2,4,10,12H2,(H,22,24)(H2,21,23,25). The normalized spacial score (nSPS) is 10.2. The molecule has 0 aliphatic heterocycles. The summed E-state index contributed by atoms with van der Waals surface area (Å²) in [4.78, 5) is 23.2. The van der Waals surface area contributed by atoms with Crippen LogP contribution in [-0.2, 0) is 17.6 Å². The summed E-state index contributed by atoms with van der Waals surface area (Å²) in [7, 11) is 0. The van der Waals surface area contributed by atoms with Crippen molar-refractivity contribution in [1.82, 2.24) is 16.2 Å². The first-order valence-corrected chi connectivity index (χ1v) is 7.84. The molecule has 0 aliphatic rings. The van der Waals surface area contributed by atoms with Gasteiger partial charge in [-0.1, -0.05) is 24.3 Å². The molecule has 3 N–H and O–H groups in total. The number of rotatable bonds is 6. The van der Waals surface area contributed by atoms with E-state index in [1.54, 1.807) is 6.07 Å². The van der Waals surface area contributed by atoms with Crippen molar-refractivity contribution in [1.29, 1.82) is 0 Å². The lowest BCUT2D eigenvalue weighted by Gasteiger charge is -2.09. The van der Waals surface area contributed by atoms with Crippen LogP contribution >= 0.6 is 0 Å². The first kappa shape index (κ1) is 18.4. The molecule has 3 amide bonds. The van der Waals surface area contributed by atoms with Crippen molar-refractivity contribution in [3.8, 4) is 0 Å². The van der Waals surface area contributed by atoms with Crippen molar-refractivity contribution in [3.63, 3.8) is 0 Å². The molecule has 7 heteroatoms. The average Bonchev–Trinajstić information content (AvgIpc) is 2.59. The maximum absolute atomic E-state index is 13.0. The third-order valence-corrected chi connectivity index (χ3v) is 3.41. The molecule has 2 aromatic carbocycles. The topological polar surface area (TPSA) is 70.2 Å². The van der Waals surface area contributed by atoms with Gasteiger partial charge in [-0.15, -0.1) is 0 Å². The van der Waals surface area contributed by atoms with Crippen LogP contribution in [0.2, 0.25) is 0 Å². The number of nitrogens with one attached hydrogen (secondary N) is 3. The predicted octanol–water partition coefficient (Wildman–Crippen LogP) is 2.47. The van der Waals surface area contributed by atoms with Crippen molar-refractivity contribution >= 4 is 11.9 Å². The van der Waals surface area contributed by atoms with Gasteiger partial charge in [0.1, 0.15) is 11.6 Å². The number of carbonyl (C=O) groups is 2. The third kappa shape index (κ3) is 6.99. The Balaban J connectivity index is 1.60. The molecule has 0 saturated carbocycles. The molecule has 0 aliphatic carbocycles. The molecule has 0 bridgehead atoms. The van der Waals surface area contributed by atoms with E-state index in [1.165, 1.54) is 36.4 Å². The fourth-order valence-electron chi connectivity index (χ4n) is 2.19. The molecule has 0 aromatic heterocycles. The predicted molar refractivity (Wildman–Crippen MR) is 89.5 cm³/mol. The van der Waals surface area contributed by atoms with Gasteiger partial charge >= 0.3 is 6.03 Å². The van der Waals surface area contributed by atoms with Crippen LogP contribution in [0.4, 0.5) is 13.6 Å². The van der Waals surface area contributed by atoms with E-state index in [4.69, 9.17) is 0 Å². The van der Waals surface area contributed by atoms with Crippen LogP contribution in [0, 0.1) is 11.6 Å². The van der Waals surface area contributed by atoms with Gasteiger partial charge in [-0.05, 0) is 48.2 Å². The summed E-state index contributed by atoms with van der Waals surface area (Å²) in [6.45, 7) is 0.385. The zero-order chi connectivity index (χ0) is 18.1. The minimum absolute atomic E-state index is 0.0279. The maximum Gasteiger partial charge on any atom is 0.333 e. The molecule has 0 atom stereocenters. The first-order chi connectivity index (χ1) is 12.0. The van der Waals surface area contributed by atoms with Gasteiger partial charge in [0.2, 0.25) is 5.91 Å². The largest absolute Gasteiger partial charge is 0.337 e. The van der Waals surface area contributed by atoms with Gasteiger partial charge in [-0.25, -0.2) is 19.0 Å². The van der Waals surface area contributed by atoms with E-state index in [0.29, 0.717) is 24.9 Å². The van der Waals surface area contributed by atoms with Crippen LogP contribution in [0.1, 0.15) is 17.5 Å². The van der Waals surface area contributed by atoms with E-state index in [2.05, 4.69) is 16.2 Å². The minimum atomic E-state index is -0.535. The average molecular weight is 347 g/mol. The Bertz CT molecular complexity index is 721. The zero-order valence-corrected chi connectivity index (χ0v) is 13.5. The monoisotopic (exact) mass is 347 g/mol. The molecule has 0 fully saturated rings. The number of halogens is 2. The lowest BCUT2D eigenvalue weighted by atomic mass is 10.1. The van der Waals surface area contributed by atoms with Crippen LogP contribution in [-0.4, -0.2) is 18.5 Å². The Morgan fingerprint density at radius 3 is 2.36 bits per heavy atom. The van der Waals surface area contributed by atoms with E-state index in [0.717, 1.165) is 5.56 Å². The number of amides is 3. The SMILES string of the molecule is O=C(Cc1ccc(F)cc1)NNC(=O)NCCCc1cccc(F)c1. The number of hydrogen-bond acceptors (Lipinski definition) is 2. The zero-order valence-electron chi connectivity index (χ0n) is 13.5. The number of hydrazine groups is 1. The van der Waals surface area contributed by atoms with Gasteiger partial charge in [-0.2, -0.15) is 0 Å². The van der Waals surface area contributed by atoms with Crippen LogP contribution < -0.4 is 16.2 Å². The van der Waals surface area contributed by atoms with Gasteiger partial charge in [-0.3, -0.25) is 10.2 Å². The highest BCUT2D eigenvalue weighted by Gasteiger charge is 2.05. The van der Waals surface area contributed by atoms with Crippen LogP contribution in [0.15, 0.2) is 48.5 Å². The Hall–Kier alpha value is -2.96. The highest BCUT2D eigenvalue weighted by molar-refractivity contribution is 5.82. The Kier molecular flexibility index (Phi) is 6.88. The Morgan fingerprint density at radius 1 is 0.880 bits per heavy atom. The smallest absolute Gasteiger partial charge is 0.333 e. The molecule has 5 nitrogen and oxygen atoms in total. The Labute approximate surface area is 144 Å². The van der Waals surface area contributed by atoms with Gasteiger partial charge in [0.05, 0.1) is 6.42 Å². The quantitative estimate of drug-likeness (QED) is 0.555. The summed E-state index contributed by atoms with van der Waals surface area (Å²) in [6.07, 6.45) is 1.30. The van der Waals surface area contributed by atoms with E-state index >= 15 is 0 Å². The second-order valence-electron chi connectivity index (χ2n) is 5.47. The lowest BCUT2D eigenvalue weighted by molar-refractivity contribution is -0.121. The molecule has 0 heterocycles. The van der Waals surface area contributed by atoms with Crippen molar-refractivity contribution in [2.75, 3.05) is 6.54 Å². The molecule has 0 unspecified atom stereocenters. The summed E-state index contributed by atoms with van der Waals surface area (Å²) in [5.41, 5.74) is 6.00. The van der Waals surface area contributed by atoms with Crippen molar-refractivity contribution < 1.29 is 18.4 Å². The number of hydrogen-bond donors (Lipinski definition) is 3. The third-order valence-electron chi connectivity index (χ3n) is 3.41. The van der Waals surface area contributed by atoms with Crippen molar-refractivity contribution in [2.45, 2.75) is 19.3 Å². The highest BCUT2D eigenvalue weighted by Crippen LogP contribution is 2.05. The van der Waals surface area contributed by atoms with Gasteiger partial charge in [0.15, 0.2) is 0 Å². The van der Waals surface area contributed by atoms with E-state index in [9.17, 15) is 18.4 Å². The molecule has 2 rings (SSSR count). The number of carbonyl (C=O) groups excluding carboxylic acids is 2. The lowest BCUT2D eigenvalue weighted by Crippen LogP contribution is -2.47. The summed E-state index contributed by atoms with van der Waals surface area (Å²) in [6, 6.07) is 11.3. The second kappa shape index (κ2) is 9.36. The summed E-state index contributed by atoms with van der Waals surface area (Å²) in [5, 5.41) is 2.59. The first-order valence-electron chi connectivity index (χ1n) is 7.84. The molecular weight excluding hydrogens is 328 g/mol. The molecule has 0 saturated heterocycles. The number of urea groups is 1. The molecule has 132 valence electrons. The summed E-state index contributed by atoms with van der Waals surface area (Å²) >= 11 is 0. The number of aryl methyl sites for hydroxylation is 1. The Morgan fingerprint density at radius 2 is 1.64 bits per heavy atom. The van der Waals surface area contributed by atoms with Gasteiger partial charge in [0.25, 0.3) is 0 Å². The minimum Gasteiger partial charge on any atom is -0.337 e. The summed E-state index contributed by atoms with van der Waals surface area (Å²) < 4.78 is 25.8. The fraction of sp³-hybridized carbons (Fsp3) is 0.222. The molecule has 2 aromatic rings. The van der Waals surface area contributed by atoms with E-state index in [1.807, 2.05) is 6.07 Å². The molecular formula is C18H19F2N3O2. The van der Waals surface area contributed by atoms with Crippen LogP contribution in [0.5, 0.6) is 0 Å².